The van der Waals surface area contributed by atoms with Crippen LogP contribution in [-0.4, -0.2) is 36.3 Å². The predicted molar refractivity (Wildman–Crippen MR) is 102 cm³/mol. The molecule has 1 atom stereocenters. The Morgan fingerprint density at radius 2 is 1.85 bits per heavy atom. The summed E-state index contributed by atoms with van der Waals surface area (Å²) in [7, 11) is 0. The van der Waals surface area contributed by atoms with Gasteiger partial charge in [-0.25, -0.2) is 4.39 Å². The van der Waals surface area contributed by atoms with Crippen LogP contribution in [0.3, 0.4) is 0 Å². The second-order valence-corrected chi connectivity index (χ2v) is 7.05. The number of rotatable bonds is 8. The molecule has 1 aliphatic heterocycles. The lowest BCUT2D eigenvalue weighted by Crippen LogP contribution is -2.35. The molecule has 0 radical (unpaired) electrons. The van der Waals surface area contributed by atoms with E-state index in [0.717, 1.165) is 49.4 Å². The lowest BCUT2D eigenvalue weighted by molar-refractivity contribution is 0.157. The summed E-state index contributed by atoms with van der Waals surface area (Å²) in [5.74, 6) is 1.37. The van der Waals surface area contributed by atoms with Crippen LogP contribution in [0.4, 0.5) is 4.39 Å². The maximum Gasteiger partial charge on any atom is 0.126 e. The smallest absolute Gasteiger partial charge is 0.126 e. The first-order valence-corrected chi connectivity index (χ1v) is 9.53. The minimum Gasteiger partial charge on any atom is -0.491 e. The number of nitrogens with zero attached hydrogens (tertiary/aromatic N) is 1. The van der Waals surface area contributed by atoms with Gasteiger partial charge in [0.1, 0.15) is 18.2 Å². The molecule has 0 aromatic heterocycles. The molecule has 1 saturated heterocycles. The van der Waals surface area contributed by atoms with E-state index >= 15 is 0 Å². The molecular weight excluding hydrogens is 329 g/mol. The molecule has 0 unspecified atom stereocenters. The number of aliphatic hydroxyl groups is 1. The first kappa shape index (κ1) is 18.9. The van der Waals surface area contributed by atoms with Crippen molar-refractivity contribution in [3.63, 3.8) is 0 Å². The summed E-state index contributed by atoms with van der Waals surface area (Å²) in [5, 5.41) is 8.99. The third kappa shape index (κ3) is 5.29. The fraction of sp³-hybridized carbons (Fsp3) is 0.455. The fourth-order valence-corrected chi connectivity index (χ4v) is 3.76. The van der Waals surface area contributed by atoms with Crippen molar-refractivity contribution < 1.29 is 14.2 Å². The Hall–Kier alpha value is -1.91. The van der Waals surface area contributed by atoms with Gasteiger partial charge in [0.25, 0.3) is 0 Å². The number of piperidine rings is 1. The van der Waals surface area contributed by atoms with Gasteiger partial charge in [-0.3, -0.25) is 4.90 Å². The van der Waals surface area contributed by atoms with Gasteiger partial charge in [-0.1, -0.05) is 36.4 Å². The van der Waals surface area contributed by atoms with Crippen molar-refractivity contribution in [3.8, 4) is 5.75 Å². The molecule has 0 spiro atoms. The van der Waals surface area contributed by atoms with E-state index in [1.165, 1.54) is 12.8 Å². The maximum atomic E-state index is 13.8. The summed E-state index contributed by atoms with van der Waals surface area (Å²) >= 11 is 0. The second kappa shape index (κ2) is 9.70. The fourth-order valence-electron chi connectivity index (χ4n) is 3.76. The van der Waals surface area contributed by atoms with Crippen LogP contribution in [0.25, 0.3) is 0 Å². The number of aliphatic hydroxyl groups excluding tert-OH is 1. The quantitative estimate of drug-likeness (QED) is 0.774. The van der Waals surface area contributed by atoms with E-state index in [2.05, 4.69) is 11.0 Å². The van der Waals surface area contributed by atoms with E-state index in [1.807, 2.05) is 30.3 Å². The Kier molecular flexibility index (Phi) is 7.04. The Balaban J connectivity index is 1.55. The van der Waals surface area contributed by atoms with Crippen molar-refractivity contribution >= 4 is 0 Å². The molecule has 3 nitrogen and oxygen atoms in total. The van der Waals surface area contributed by atoms with Crippen LogP contribution >= 0.6 is 0 Å². The van der Waals surface area contributed by atoms with Gasteiger partial charge in [0.05, 0.1) is 6.61 Å². The number of para-hydroxylation sites is 1. The Morgan fingerprint density at radius 1 is 1.08 bits per heavy atom. The van der Waals surface area contributed by atoms with Crippen LogP contribution in [0.1, 0.15) is 30.4 Å². The normalized spacial score (nSPS) is 18.0. The van der Waals surface area contributed by atoms with Crippen molar-refractivity contribution in [1.82, 2.24) is 4.90 Å². The molecule has 4 heteroatoms. The van der Waals surface area contributed by atoms with Crippen LogP contribution in [0, 0.1) is 11.7 Å². The number of hydrogen-bond donors (Lipinski definition) is 1. The molecule has 2 aromatic carbocycles. The summed E-state index contributed by atoms with van der Waals surface area (Å²) in [6, 6.07) is 15.1. The molecule has 3 rings (SSSR count). The number of hydrogen-bond acceptors (Lipinski definition) is 3. The minimum atomic E-state index is -0.0878. The van der Waals surface area contributed by atoms with Crippen LogP contribution in [-0.2, 0) is 13.0 Å². The number of halogens is 1. The van der Waals surface area contributed by atoms with Gasteiger partial charge in [0.15, 0.2) is 0 Å². The lowest BCUT2D eigenvalue weighted by atomic mass is 9.91. The summed E-state index contributed by atoms with van der Waals surface area (Å²) in [4.78, 5) is 2.47. The standard InChI is InChI=1S/C22H28FNO2/c23-21-9-3-1-7-19(21)12-11-18-6-5-13-24(16-18)17-20-8-2-4-10-22(20)26-15-14-25/h1-4,7-10,18,25H,5-6,11-17H2/t18-/m1/s1. The molecule has 0 saturated carbocycles. The van der Waals surface area contributed by atoms with Gasteiger partial charge in [0.2, 0.25) is 0 Å². The van der Waals surface area contributed by atoms with E-state index in [4.69, 9.17) is 9.84 Å². The predicted octanol–water partition coefficient (Wildman–Crippen LogP) is 4.04. The average Bonchev–Trinajstić information content (AvgIpc) is 2.67. The molecule has 1 fully saturated rings. The van der Waals surface area contributed by atoms with Gasteiger partial charge >= 0.3 is 0 Å². The second-order valence-electron chi connectivity index (χ2n) is 7.05. The first-order chi connectivity index (χ1) is 12.8. The van der Waals surface area contributed by atoms with E-state index in [-0.39, 0.29) is 12.4 Å². The number of benzene rings is 2. The first-order valence-electron chi connectivity index (χ1n) is 9.53. The highest BCUT2D eigenvalue weighted by molar-refractivity contribution is 5.33. The average molecular weight is 357 g/mol. The maximum absolute atomic E-state index is 13.8. The number of likely N-dealkylation sites (tertiary alicyclic amines) is 1. The van der Waals surface area contributed by atoms with Gasteiger partial charge in [0, 0.05) is 18.7 Å². The van der Waals surface area contributed by atoms with E-state index in [9.17, 15) is 4.39 Å². The van der Waals surface area contributed by atoms with E-state index in [0.29, 0.717) is 12.5 Å². The molecule has 1 heterocycles. The third-order valence-corrected chi connectivity index (χ3v) is 5.10. The Bertz CT molecular complexity index is 691. The molecule has 26 heavy (non-hydrogen) atoms. The number of aryl methyl sites for hydroxylation is 1. The summed E-state index contributed by atoms with van der Waals surface area (Å²) in [6.07, 6.45) is 4.23. The lowest BCUT2D eigenvalue weighted by Gasteiger charge is -2.33. The molecule has 2 aromatic rings. The van der Waals surface area contributed by atoms with E-state index < -0.39 is 0 Å². The topological polar surface area (TPSA) is 32.7 Å². The van der Waals surface area contributed by atoms with Gasteiger partial charge in [-0.15, -0.1) is 0 Å². The van der Waals surface area contributed by atoms with Gasteiger partial charge in [-0.2, -0.15) is 0 Å². The number of ether oxygens (including phenoxy) is 1. The molecule has 1 N–H and O–H groups in total. The molecular formula is C22H28FNO2. The third-order valence-electron chi connectivity index (χ3n) is 5.10. The zero-order valence-corrected chi connectivity index (χ0v) is 15.2. The van der Waals surface area contributed by atoms with Crippen molar-refractivity contribution in [2.75, 3.05) is 26.3 Å². The SMILES string of the molecule is OCCOc1ccccc1CN1CCC[C@H](CCc2ccccc2F)C1. The molecule has 0 amide bonds. The van der Waals surface area contributed by atoms with Crippen molar-refractivity contribution in [2.24, 2.45) is 5.92 Å². The molecule has 0 aliphatic carbocycles. The molecule has 1 aliphatic rings. The highest BCUT2D eigenvalue weighted by atomic mass is 19.1. The van der Waals surface area contributed by atoms with Crippen molar-refractivity contribution in [1.29, 1.82) is 0 Å². The van der Waals surface area contributed by atoms with E-state index in [1.54, 1.807) is 12.1 Å². The highest BCUT2D eigenvalue weighted by Crippen LogP contribution is 2.26. The minimum absolute atomic E-state index is 0.0240. The van der Waals surface area contributed by atoms with Crippen LogP contribution < -0.4 is 4.74 Å². The van der Waals surface area contributed by atoms with Crippen molar-refractivity contribution in [2.45, 2.75) is 32.2 Å². The Morgan fingerprint density at radius 3 is 2.65 bits per heavy atom. The zero-order valence-electron chi connectivity index (χ0n) is 15.2. The van der Waals surface area contributed by atoms with Crippen molar-refractivity contribution in [3.05, 3.63) is 65.5 Å². The van der Waals surface area contributed by atoms with Gasteiger partial charge in [-0.05, 0) is 55.8 Å². The monoisotopic (exact) mass is 357 g/mol. The summed E-state index contributed by atoms with van der Waals surface area (Å²) < 4.78 is 19.5. The highest BCUT2D eigenvalue weighted by Gasteiger charge is 2.21. The molecule has 0 bridgehead atoms. The summed E-state index contributed by atoms with van der Waals surface area (Å²) in [6.45, 7) is 3.34. The largest absolute Gasteiger partial charge is 0.491 e. The summed E-state index contributed by atoms with van der Waals surface area (Å²) in [5.41, 5.74) is 1.99. The van der Waals surface area contributed by atoms with Crippen LogP contribution in [0.5, 0.6) is 5.75 Å². The molecule has 140 valence electrons. The van der Waals surface area contributed by atoms with Crippen LogP contribution in [0.15, 0.2) is 48.5 Å². The van der Waals surface area contributed by atoms with Crippen LogP contribution in [0.2, 0.25) is 0 Å². The zero-order chi connectivity index (χ0) is 18.2. The van der Waals surface area contributed by atoms with Gasteiger partial charge < -0.3 is 9.84 Å². The Labute approximate surface area is 155 Å².